The van der Waals surface area contributed by atoms with E-state index in [0.29, 0.717) is 5.56 Å². The Kier molecular flexibility index (Phi) is 3.48. The smallest absolute Gasteiger partial charge is 0.120 e. The van der Waals surface area contributed by atoms with Crippen molar-refractivity contribution in [3.05, 3.63) is 23.8 Å². The molecule has 0 saturated carbocycles. The molecule has 2 N–H and O–H groups in total. The van der Waals surface area contributed by atoms with E-state index in [9.17, 15) is 10.2 Å². The van der Waals surface area contributed by atoms with Crippen LogP contribution in [0.25, 0.3) is 0 Å². The second-order valence-electron chi connectivity index (χ2n) is 3.05. The van der Waals surface area contributed by atoms with Gasteiger partial charge in [-0.15, -0.1) is 0 Å². The zero-order chi connectivity index (χ0) is 9.84. The number of aromatic hydroxyl groups is 2. The molecule has 3 heteroatoms. The van der Waals surface area contributed by atoms with Crippen LogP contribution in [0, 0.1) is 0 Å². The highest BCUT2D eigenvalue weighted by Crippen LogP contribution is 2.34. The van der Waals surface area contributed by atoms with Crippen molar-refractivity contribution in [1.82, 2.24) is 0 Å². The zero-order valence-corrected chi connectivity index (χ0v) is 8.46. The molecule has 0 spiro atoms. The van der Waals surface area contributed by atoms with Crippen LogP contribution in [-0.2, 0) is 0 Å². The fourth-order valence-corrected chi connectivity index (χ4v) is 1.70. The highest BCUT2D eigenvalue weighted by Gasteiger charge is 2.10. The van der Waals surface area contributed by atoms with Crippen molar-refractivity contribution in [3.8, 4) is 11.5 Å². The summed E-state index contributed by atoms with van der Waals surface area (Å²) < 4.78 is 0. The van der Waals surface area contributed by atoms with Gasteiger partial charge in [-0.05, 0) is 24.6 Å². The van der Waals surface area contributed by atoms with Crippen LogP contribution in [0.1, 0.15) is 30.6 Å². The van der Waals surface area contributed by atoms with Crippen LogP contribution in [0.3, 0.4) is 0 Å². The van der Waals surface area contributed by atoms with Crippen molar-refractivity contribution in [2.75, 3.05) is 0 Å². The van der Waals surface area contributed by atoms with Gasteiger partial charge in [-0.1, -0.05) is 13.3 Å². The minimum Gasteiger partial charge on any atom is -0.508 e. The maximum Gasteiger partial charge on any atom is 0.120 e. The molecule has 2 nitrogen and oxygen atoms in total. The molecule has 1 unspecified atom stereocenters. The molecule has 0 aliphatic heterocycles. The largest absolute Gasteiger partial charge is 0.508 e. The second-order valence-corrected chi connectivity index (χ2v) is 3.67. The minimum atomic E-state index is -0.00269. The summed E-state index contributed by atoms with van der Waals surface area (Å²) in [7, 11) is 0. The van der Waals surface area contributed by atoms with Crippen molar-refractivity contribution >= 4 is 12.6 Å². The molecule has 0 amide bonds. The fraction of sp³-hybridized carbons (Fsp3) is 0.400. The molecule has 13 heavy (non-hydrogen) atoms. The summed E-state index contributed by atoms with van der Waals surface area (Å²) in [5.41, 5.74) is 0.699. The van der Waals surface area contributed by atoms with Gasteiger partial charge in [0.1, 0.15) is 11.5 Å². The third-order valence-electron chi connectivity index (χ3n) is 1.93. The first-order chi connectivity index (χ1) is 6.15. The Hall–Kier alpha value is -0.830. The Morgan fingerprint density at radius 3 is 2.69 bits per heavy atom. The van der Waals surface area contributed by atoms with Crippen molar-refractivity contribution in [2.45, 2.75) is 25.0 Å². The molecular weight excluding hydrogens is 184 g/mol. The van der Waals surface area contributed by atoms with Gasteiger partial charge in [-0.25, -0.2) is 0 Å². The molecule has 1 rings (SSSR count). The summed E-state index contributed by atoms with van der Waals surface area (Å²) in [6.07, 6.45) is 1.89. The highest BCUT2D eigenvalue weighted by atomic mass is 32.1. The van der Waals surface area contributed by atoms with Crippen LogP contribution >= 0.6 is 12.6 Å². The topological polar surface area (TPSA) is 40.5 Å². The van der Waals surface area contributed by atoms with Crippen molar-refractivity contribution < 1.29 is 10.2 Å². The van der Waals surface area contributed by atoms with Gasteiger partial charge >= 0.3 is 0 Å². The van der Waals surface area contributed by atoms with E-state index in [1.807, 2.05) is 0 Å². The number of rotatable bonds is 3. The van der Waals surface area contributed by atoms with E-state index in [2.05, 4.69) is 19.6 Å². The number of hydrogen-bond acceptors (Lipinski definition) is 3. The van der Waals surface area contributed by atoms with Gasteiger partial charge in [0.2, 0.25) is 0 Å². The van der Waals surface area contributed by atoms with Gasteiger partial charge in [-0.3, -0.25) is 0 Å². The first kappa shape index (κ1) is 10.3. The predicted octanol–water partition coefficient (Wildman–Crippen LogP) is 2.87. The first-order valence-corrected chi connectivity index (χ1v) is 4.86. The normalized spacial score (nSPS) is 12.8. The van der Waals surface area contributed by atoms with Crippen LogP contribution in [0.15, 0.2) is 18.2 Å². The standard InChI is InChI=1S/C10H14O2S/c1-2-3-10(13)8-6-7(11)4-5-9(8)12/h4-6,10-13H,2-3H2,1H3. The lowest BCUT2D eigenvalue weighted by Crippen LogP contribution is -1.90. The Morgan fingerprint density at radius 1 is 1.38 bits per heavy atom. The van der Waals surface area contributed by atoms with Crippen molar-refractivity contribution in [1.29, 1.82) is 0 Å². The summed E-state index contributed by atoms with van der Waals surface area (Å²) in [5.74, 6) is 0.370. The van der Waals surface area contributed by atoms with E-state index in [4.69, 9.17) is 0 Å². The number of phenolic OH excluding ortho intramolecular Hbond substituents is 2. The maximum atomic E-state index is 9.47. The lowest BCUT2D eigenvalue weighted by atomic mass is 10.1. The highest BCUT2D eigenvalue weighted by molar-refractivity contribution is 7.80. The third kappa shape index (κ3) is 2.56. The summed E-state index contributed by atoms with van der Waals surface area (Å²) in [4.78, 5) is 0. The van der Waals surface area contributed by atoms with E-state index < -0.39 is 0 Å². The fourth-order valence-electron chi connectivity index (χ4n) is 1.24. The number of phenols is 2. The second kappa shape index (κ2) is 4.42. The van der Waals surface area contributed by atoms with E-state index in [0.717, 1.165) is 12.8 Å². The van der Waals surface area contributed by atoms with Crippen LogP contribution in [0.4, 0.5) is 0 Å². The van der Waals surface area contributed by atoms with Crippen LogP contribution < -0.4 is 0 Å². The molecule has 0 aliphatic carbocycles. The Morgan fingerprint density at radius 2 is 2.08 bits per heavy atom. The van der Waals surface area contributed by atoms with Gasteiger partial charge in [0, 0.05) is 10.8 Å². The molecule has 0 radical (unpaired) electrons. The lowest BCUT2D eigenvalue weighted by molar-refractivity contribution is 0.452. The van der Waals surface area contributed by atoms with Crippen LogP contribution in [0.2, 0.25) is 0 Å². The molecule has 0 heterocycles. The maximum absolute atomic E-state index is 9.47. The van der Waals surface area contributed by atoms with Gasteiger partial charge in [0.05, 0.1) is 0 Å². The van der Waals surface area contributed by atoms with Crippen molar-refractivity contribution in [2.24, 2.45) is 0 Å². The van der Waals surface area contributed by atoms with Crippen molar-refractivity contribution in [3.63, 3.8) is 0 Å². The minimum absolute atomic E-state index is 0.00269. The monoisotopic (exact) mass is 198 g/mol. The number of thiol groups is 1. The SMILES string of the molecule is CCCC(S)c1cc(O)ccc1O. The van der Waals surface area contributed by atoms with E-state index in [-0.39, 0.29) is 16.7 Å². The van der Waals surface area contributed by atoms with E-state index in [1.165, 1.54) is 12.1 Å². The quantitative estimate of drug-likeness (QED) is 0.516. The van der Waals surface area contributed by atoms with Gasteiger partial charge in [-0.2, -0.15) is 12.6 Å². The number of hydrogen-bond donors (Lipinski definition) is 3. The van der Waals surface area contributed by atoms with Gasteiger partial charge in [0.25, 0.3) is 0 Å². The third-order valence-corrected chi connectivity index (χ3v) is 2.47. The molecule has 0 aliphatic rings. The molecule has 0 fully saturated rings. The van der Waals surface area contributed by atoms with E-state index in [1.54, 1.807) is 6.07 Å². The molecule has 1 aromatic carbocycles. The molecular formula is C10H14O2S. The molecule has 0 aromatic heterocycles. The van der Waals surface area contributed by atoms with E-state index >= 15 is 0 Å². The van der Waals surface area contributed by atoms with Crippen LogP contribution in [-0.4, -0.2) is 10.2 Å². The summed E-state index contributed by atoms with van der Waals surface area (Å²) >= 11 is 4.35. The molecule has 0 bridgehead atoms. The average Bonchev–Trinajstić information content (AvgIpc) is 2.09. The van der Waals surface area contributed by atoms with Crippen LogP contribution in [0.5, 0.6) is 11.5 Å². The Balaban J connectivity index is 2.91. The Labute approximate surface area is 83.6 Å². The molecule has 72 valence electrons. The summed E-state index contributed by atoms with van der Waals surface area (Å²) in [5, 5.41) is 18.7. The average molecular weight is 198 g/mol. The lowest BCUT2D eigenvalue weighted by Gasteiger charge is -2.11. The Bertz CT molecular complexity index is 286. The molecule has 0 saturated heterocycles. The van der Waals surface area contributed by atoms with Gasteiger partial charge in [0.15, 0.2) is 0 Å². The predicted molar refractivity (Wildman–Crippen MR) is 56.4 cm³/mol. The van der Waals surface area contributed by atoms with Gasteiger partial charge < -0.3 is 10.2 Å². The zero-order valence-electron chi connectivity index (χ0n) is 7.57. The first-order valence-electron chi connectivity index (χ1n) is 4.35. The summed E-state index contributed by atoms with van der Waals surface area (Å²) in [6.45, 7) is 2.06. The molecule has 1 atom stereocenters. The molecule has 1 aromatic rings. The number of benzene rings is 1. The summed E-state index contributed by atoms with van der Waals surface area (Å²) in [6, 6.07) is 4.51.